The Morgan fingerprint density at radius 1 is 1.12 bits per heavy atom. The lowest BCUT2D eigenvalue weighted by Crippen LogP contribution is -2.36. The van der Waals surface area contributed by atoms with Gasteiger partial charge in [0.1, 0.15) is 0 Å². The smallest absolute Gasteiger partial charge is 0.257 e. The molecule has 1 saturated carbocycles. The molecule has 2 amide bonds. The van der Waals surface area contributed by atoms with Crippen molar-refractivity contribution in [3.63, 3.8) is 0 Å². The van der Waals surface area contributed by atoms with E-state index in [0.717, 1.165) is 35.8 Å². The van der Waals surface area contributed by atoms with Gasteiger partial charge in [0.15, 0.2) is 0 Å². The van der Waals surface area contributed by atoms with Crippen LogP contribution in [0.3, 0.4) is 0 Å². The zero-order valence-electron chi connectivity index (χ0n) is 14.1. The topological polar surface area (TPSA) is 49.4 Å². The lowest BCUT2D eigenvalue weighted by Gasteiger charge is -2.29. The fraction of sp³-hybridized carbons (Fsp3) is 0.300. The fourth-order valence-corrected chi connectivity index (χ4v) is 3.85. The summed E-state index contributed by atoms with van der Waals surface area (Å²) in [6.45, 7) is 1.40. The van der Waals surface area contributed by atoms with E-state index in [2.05, 4.69) is 21.2 Å². The summed E-state index contributed by atoms with van der Waals surface area (Å²) in [5, 5.41) is 3.32. The van der Waals surface area contributed by atoms with Crippen LogP contribution in [0.25, 0.3) is 0 Å². The van der Waals surface area contributed by atoms with Crippen molar-refractivity contribution in [1.82, 2.24) is 4.90 Å². The van der Waals surface area contributed by atoms with Crippen LogP contribution in [0.5, 0.6) is 0 Å². The first-order valence-electron chi connectivity index (χ1n) is 8.68. The zero-order chi connectivity index (χ0) is 18.3. The summed E-state index contributed by atoms with van der Waals surface area (Å²) in [6, 6.07) is 11.1. The maximum atomic E-state index is 12.5. The van der Waals surface area contributed by atoms with Crippen molar-refractivity contribution in [2.45, 2.75) is 25.8 Å². The minimum Gasteiger partial charge on any atom is -0.338 e. The third-order valence-electron chi connectivity index (χ3n) is 4.89. The third-order valence-corrected chi connectivity index (χ3v) is 5.71. The number of carbonyl (C=O) groups excluding carboxylic acids is 2. The molecule has 0 spiro atoms. The van der Waals surface area contributed by atoms with Crippen molar-refractivity contribution < 1.29 is 9.59 Å². The highest BCUT2D eigenvalue weighted by molar-refractivity contribution is 9.10. The Labute approximate surface area is 165 Å². The number of benzene rings is 2. The molecule has 4 nitrogen and oxygen atoms in total. The molecular weight excluding hydrogens is 416 g/mol. The van der Waals surface area contributed by atoms with Gasteiger partial charge in [0.2, 0.25) is 5.91 Å². The van der Waals surface area contributed by atoms with Gasteiger partial charge >= 0.3 is 0 Å². The summed E-state index contributed by atoms with van der Waals surface area (Å²) in [6.07, 6.45) is 2.90. The molecule has 0 radical (unpaired) electrons. The number of halogens is 2. The Kier molecular flexibility index (Phi) is 4.76. The van der Waals surface area contributed by atoms with E-state index in [-0.39, 0.29) is 17.7 Å². The predicted octanol–water partition coefficient (Wildman–Crippen LogP) is 4.65. The van der Waals surface area contributed by atoms with Crippen LogP contribution in [0.15, 0.2) is 40.9 Å². The maximum absolute atomic E-state index is 12.5. The molecule has 0 atom stereocenters. The summed E-state index contributed by atoms with van der Waals surface area (Å²) in [5.74, 6) is 0.252. The van der Waals surface area contributed by atoms with Crippen molar-refractivity contribution in [3.8, 4) is 0 Å². The van der Waals surface area contributed by atoms with E-state index in [1.807, 2.05) is 23.1 Å². The van der Waals surface area contributed by atoms with Crippen LogP contribution in [0, 0.1) is 5.92 Å². The highest BCUT2D eigenvalue weighted by Gasteiger charge is 2.34. The highest BCUT2D eigenvalue weighted by Crippen LogP contribution is 2.33. The second kappa shape index (κ2) is 7.05. The number of carbonyl (C=O) groups is 2. The number of amides is 2. The van der Waals surface area contributed by atoms with Gasteiger partial charge in [-0.05, 0) is 60.7 Å². The number of fused-ring (bicyclic) bond motifs is 1. The standard InChI is InChI=1S/C20H18BrClN2O2/c21-15-4-6-18(22)17(10-15)19(25)23-16-5-3-12-7-8-24(11-14(12)9-16)20(26)13-1-2-13/h3-6,9-10,13H,1-2,7-8,11H2,(H,23,25). The molecule has 1 aliphatic heterocycles. The summed E-state index contributed by atoms with van der Waals surface area (Å²) in [7, 11) is 0. The lowest BCUT2D eigenvalue weighted by atomic mass is 9.98. The van der Waals surface area contributed by atoms with Gasteiger partial charge in [-0.25, -0.2) is 0 Å². The second-order valence-corrected chi connectivity index (χ2v) is 8.17. The van der Waals surface area contributed by atoms with Crippen LogP contribution in [-0.2, 0) is 17.8 Å². The average molecular weight is 434 g/mol. The Morgan fingerprint density at radius 2 is 1.92 bits per heavy atom. The number of nitrogens with zero attached hydrogens (tertiary/aromatic N) is 1. The predicted molar refractivity (Wildman–Crippen MR) is 105 cm³/mol. The largest absolute Gasteiger partial charge is 0.338 e. The van der Waals surface area contributed by atoms with Crippen LogP contribution in [0.2, 0.25) is 5.02 Å². The molecule has 2 aromatic carbocycles. The van der Waals surface area contributed by atoms with Crippen LogP contribution in [0.1, 0.15) is 34.3 Å². The van der Waals surface area contributed by atoms with Crippen LogP contribution in [0.4, 0.5) is 5.69 Å². The summed E-state index contributed by atoms with van der Waals surface area (Å²) < 4.78 is 0.798. The highest BCUT2D eigenvalue weighted by atomic mass is 79.9. The molecule has 0 saturated heterocycles. The van der Waals surface area contributed by atoms with E-state index in [9.17, 15) is 9.59 Å². The monoisotopic (exact) mass is 432 g/mol. The summed E-state index contributed by atoms with van der Waals surface area (Å²) in [4.78, 5) is 26.8. The first kappa shape index (κ1) is 17.6. The molecular formula is C20H18BrClN2O2. The number of hydrogen-bond acceptors (Lipinski definition) is 2. The van der Waals surface area contributed by atoms with Crippen molar-refractivity contribution >= 4 is 45.0 Å². The first-order valence-corrected chi connectivity index (χ1v) is 9.85. The molecule has 1 N–H and O–H groups in total. The van der Waals surface area contributed by atoms with Gasteiger partial charge in [-0.15, -0.1) is 0 Å². The van der Waals surface area contributed by atoms with E-state index in [0.29, 0.717) is 22.8 Å². The average Bonchev–Trinajstić information content (AvgIpc) is 3.47. The van der Waals surface area contributed by atoms with E-state index in [4.69, 9.17) is 11.6 Å². The van der Waals surface area contributed by atoms with Gasteiger partial charge in [-0.1, -0.05) is 33.6 Å². The number of anilines is 1. The van der Waals surface area contributed by atoms with E-state index >= 15 is 0 Å². The zero-order valence-corrected chi connectivity index (χ0v) is 16.4. The third kappa shape index (κ3) is 3.64. The minimum atomic E-state index is -0.252. The fourth-order valence-electron chi connectivity index (χ4n) is 3.28. The number of rotatable bonds is 3. The molecule has 1 aliphatic carbocycles. The van der Waals surface area contributed by atoms with Crippen LogP contribution in [-0.4, -0.2) is 23.3 Å². The van der Waals surface area contributed by atoms with E-state index in [1.54, 1.807) is 18.2 Å². The van der Waals surface area contributed by atoms with Gasteiger partial charge in [0, 0.05) is 29.2 Å². The van der Waals surface area contributed by atoms with Gasteiger partial charge < -0.3 is 10.2 Å². The molecule has 1 heterocycles. The molecule has 0 unspecified atom stereocenters. The molecule has 26 heavy (non-hydrogen) atoms. The van der Waals surface area contributed by atoms with Gasteiger partial charge in [0.05, 0.1) is 10.6 Å². The molecule has 2 aliphatic rings. The Bertz CT molecular complexity index is 895. The quantitative estimate of drug-likeness (QED) is 0.766. The molecule has 2 aromatic rings. The Morgan fingerprint density at radius 3 is 2.69 bits per heavy atom. The van der Waals surface area contributed by atoms with Gasteiger partial charge in [-0.2, -0.15) is 0 Å². The van der Waals surface area contributed by atoms with Gasteiger partial charge in [-0.3, -0.25) is 9.59 Å². The van der Waals surface area contributed by atoms with E-state index < -0.39 is 0 Å². The Balaban J connectivity index is 1.52. The van der Waals surface area contributed by atoms with Gasteiger partial charge in [0.25, 0.3) is 5.91 Å². The Hall–Kier alpha value is -1.85. The molecule has 6 heteroatoms. The van der Waals surface area contributed by atoms with E-state index in [1.165, 1.54) is 5.56 Å². The minimum absolute atomic E-state index is 0.234. The summed E-state index contributed by atoms with van der Waals surface area (Å²) >= 11 is 9.50. The lowest BCUT2D eigenvalue weighted by molar-refractivity contribution is -0.133. The van der Waals surface area contributed by atoms with Crippen molar-refractivity contribution in [2.24, 2.45) is 5.92 Å². The van der Waals surface area contributed by atoms with Crippen molar-refractivity contribution in [2.75, 3.05) is 11.9 Å². The number of nitrogens with one attached hydrogen (secondary N) is 1. The normalized spacial score (nSPS) is 16.2. The van der Waals surface area contributed by atoms with Crippen molar-refractivity contribution in [3.05, 3.63) is 62.6 Å². The molecule has 4 rings (SSSR count). The molecule has 134 valence electrons. The van der Waals surface area contributed by atoms with Crippen LogP contribution >= 0.6 is 27.5 Å². The SMILES string of the molecule is O=C(Nc1ccc2c(c1)CN(C(=O)C1CC1)CC2)c1cc(Br)ccc1Cl. The summed E-state index contributed by atoms with van der Waals surface area (Å²) in [5.41, 5.74) is 3.47. The maximum Gasteiger partial charge on any atom is 0.257 e. The second-order valence-electron chi connectivity index (χ2n) is 6.85. The van der Waals surface area contributed by atoms with Crippen LogP contribution < -0.4 is 5.32 Å². The molecule has 0 bridgehead atoms. The molecule has 1 fully saturated rings. The van der Waals surface area contributed by atoms with Crippen molar-refractivity contribution in [1.29, 1.82) is 0 Å². The first-order chi connectivity index (χ1) is 12.5. The molecule has 0 aromatic heterocycles. The number of hydrogen-bond donors (Lipinski definition) is 1.